The fourth-order valence-electron chi connectivity index (χ4n) is 4.54. The third-order valence-corrected chi connectivity index (χ3v) is 5.83. The number of aryl methyl sites for hydroxylation is 2. The Morgan fingerprint density at radius 3 is 2.52 bits per heavy atom. The molecule has 1 aliphatic heterocycles. The highest BCUT2D eigenvalue weighted by Crippen LogP contribution is 2.42. The Labute approximate surface area is 195 Å². The fourth-order valence-corrected chi connectivity index (χ4v) is 4.54. The summed E-state index contributed by atoms with van der Waals surface area (Å²) in [6, 6.07) is 15.1. The van der Waals surface area contributed by atoms with E-state index in [4.69, 9.17) is 14.8 Å². The van der Waals surface area contributed by atoms with Crippen LogP contribution in [-0.2, 0) is 12.8 Å². The molecule has 2 heterocycles. The Kier molecular flexibility index (Phi) is 6.42. The summed E-state index contributed by atoms with van der Waals surface area (Å²) in [5.74, 6) is 0.921. The number of fused-ring (bicyclic) bond motifs is 1. The first-order valence-electron chi connectivity index (χ1n) is 11.6. The van der Waals surface area contributed by atoms with Crippen molar-refractivity contribution in [2.45, 2.75) is 53.1 Å². The maximum absolute atomic E-state index is 9.76. The third-order valence-electron chi connectivity index (χ3n) is 5.83. The zero-order chi connectivity index (χ0) is 23.8. The van der Waals surface area contributed by atoms with Gasteiger partial charge in [-0.1, -0.05) is 29.8 Å². The van der Waals surface area contributed by atoms with Crippen LogP contribution in [0.15, 0.2) is 48.7 Å². The number of hydrogen-bond donors (Lipinski definition) is 2. The van der Waals surface area contributed by atoms with Crippen molar-refractivity contribution in [1.82, 2.24) is 4.98 Å². The first-order chi connectivity index (χ1) is 15.7. The minimum Gasteiger partial charge on any atom is -0.493 e. The van der Waals surface area contributed by atoms with Gasteiger partial charge in [0.15, 0.2) is 0 Å². The molecule has 0 fully saturated rings. The van der Waals surface area contributed by atoms with Crippen LogP contribution in [0.5, 0.6) is 5.75 Å². The van der Waals surface area contributed by atoms with Crippen molar-refractivity contribution in [3.8, 4) is 16.9 Å². The lowest BCUT2D eigenvalue weighted by Gasteiger charge is -2.22. The zero-order valence-corrected chi connectivity index (χ0v) is 20.2. The monoisotopic (exact) mass is 443 g/mol. The van der Waals surface area contributed by atoms with Crippen LogP contribution in [0, 0.1) is 13.8 Å². The third kappa shape index (κ3) is 4.87. The lowest BCUT2D eigenvalue weighted by Crippen LogP contribution is -2.10. The van der Waals surface area contributed by atoms with Crippen molar-refractivity contribution in [3.63, 3.8) is 0 Å². The van der Waals surface area contributed by atoms with Gasteiger partial charge in [0.1, 0.15) is 5.75 Å². The molecule has 172 valence electrons. The quantitative estimate of drug-likeness (QED) is 0.413. The second-order valence-electron chi connectivity index (χ2n) is 9.82. The number of nitrogens with zero attached hydrogens (tertiary/aromatic N) is 1. The average molecular weight is 444 g/mol. The molecule has 0 bridgehead atoms. The molecule has 4 nitrogen and oxygen atoms in total. The van der Waals surface area contributed by atoms with Crippen molar-refractivity contribution in [3.05, 3.63) is 70.9 Å². The van der Waals surface area contributed by atoms with Crippen LogP contribution in [-0.4, -0.2) is 34.0 Å². The molecule has 0 saturated heterocycles. The van der Waals surface area contributed by atoms with E-state index in [1.54, 1.807) is 20.8 Å². The molecule has 0 saturated carbocycles. The molecule has 33 heavy (non-hydrogen) atoms. The number of benzene rings is 3. The number of rotatable bonds is 3. The molecule has 0 spiro atoms. The summed E-state index contributed by atoms with van der Waals surface area (Å²) in [7, 11) is 0. The standard InChI is InChI=1S/C25H23NO2.C4H10O/c1-15-3-4-18-14-16(2)19(8-11-27)24(21(18)13-15)20-5-6-22-23-17(9-12-28-22)7-10-26-25(20)23;1-4(2,3)5/h3-7,10,13-14,27H,8-9,11-12H2,1-2H3;5H,1-3H3. The number of aromatic nitrogens is 1. The van der Waals surface area contributed by atoms with E-state index in [0.717, 1.165) is 28.6 Å². The molecule has 0 amide bonds. The van der Waals surface area contributed by atoms with Gasteiger partial charge in [-0.2, -0.15) is 0 Å². The molecule has 5 rings (SSSR count). The minimum atomic E-state index is -0.500. The van der Waals surface area contributed by atoms with Gasteiger partial charge < -0.3 is 14.9 Å². The molecule has 4 aromatic rings. The Balaban J connectivity index is 0.000000471. The summed E-state index contributed by atoms with van der Waals surface area (Å²) in [6.45, 7) is 10.3. The van der Waals surface area contributed by atoms with Crippen LogP contribution in [0.4, 0.5) is 0 Å². The molecule has 1 aliphatic rings. The highest BCUT2D eigenvalue weighted by atomic mass is 16.5. The van der Waals surface area contributed by atoms with Gasteiger partial charge in [-0.25, -0.2) is 0 Å². The van der Waals surface area contributed by atoms with Gasteiger partial charge in [0.05, 0.1) is 17.7 Å². The summed E-state index contributed by atoms with van der Waals surface area (Å²) in [4.78, 5) is 4.78. The lowest BCUT2D eigenvalue weighted by molar-refractivity contribution is 0.102. The molecule has 0 aliphatic carbocycles. The maximum atomic E-state index is 9.76. The molecule has 3 aromatic carbocycles. The van der Waals surface area contributed by atoms with Gasteiger partial charge in [0.25, 0.3) is 0 Å². The first-order valence-corrected chi connectivity index (χ1v) is 11.6. The normalized spacial score (nSPS) is 12.9. The van der Waals surface area contributed by atoms with Crippen molar-refractivity contribution in [2.75, 3.05) is 13.2 Å². The zero-order valence-electron chi connectivity index (χ0n) is 20.2. The largest absolute Gasteiger partial charge is 0.493 e. The minimum absolute atomic E-state index is 0.128. The number of pyridine rings is 1. The van der Waals surface area contributed by atoms with E-state index >= 15 is 0 Å². The molecule has 2 N–H and O–H groups in total. The van der Waals surface area contributed by atoms with Crippen molar-refractivity contribution in [2.24, 2.45) is 0 Å². The average Bonchev–Trinajstić information content (AvgIpc) is 2.75. The summed E-state index contributed by atoms with van der Waals surface area (Å²) in [5, 5.41) is 21.8. The molecular weight excluding hydrogens is 410 g/mol. The van der Waals surface area contributed by atoms with E-state index in [9.17, 15) is 5.11 Å². The topological polar surface area (TPSA) is 62.6 Å². The lowest BCUT2D eigenvalue weighted by atomic mass is 9.86. The fraction of sp³-hybridized carbons (Fsp3) is 0.345. The smallest absolute Gasteiger partial charge is 0.129 e. The van der Waals surface area contributed by atoms with Gasteiger partial charge in [-0.05, 0) is 92.3 Å². The van der Waals surface area contributed by atoms with Crippen LogP contribution < -0.4 is 4.74 Å². The summed E-state index contributed by atoms with van der Waals surface area (Å²) >= 11 is 0. The Morgan fingerprint density at radius 1 is 1.03 bits per heavy atom. The van der Waals surface area contributed by atoms with E-state index in [-0.39, 0.29) is 6.61 Å². The second-order valence-corrected chi connectivity index (χ2v) is 9.82. The summed E-state index contributed by atoms with van der Waals surface area (Å²) in [5.41, 5.74) is 7.72. The van der Waals surface area contributed by atoms with Crippen LogP contribution in [0.25, 0.3) is 32.8 Å². The SMILES string of the molecule is CC(C)(C)O.Cc1ccc2cc(C)c(CCO)c(-c3ccc4c5c(ccnc35)CCO4)c2c1. The Hall–Kier alpha value is -2.95. The van der Waals surface area contributed by atoms with E-state index in [1.165, 1.54) is 38.6 Å². The van der Waals surface area contributed by atoms with Crippen LogP contribution in [0.3, 0.4) is 0 Å². The number of aliphatic hydroxyl groups is 2. The predicted molar refractivity (Wildman–Crippen MR) is 136 cm³/mol. The Morgan fingerprint density at radius 2 is 1.79 bits per heavy atom. The maximum Gasteiger partial charge on any atom is 0.129 e. The van der Waals surface area contributed by atoms with Gasteiger partial charge >= 0.3 is 0 Å². The van der Waals surface area contributed by atoms with Crippen molar-refractivity contribution in [1.29, 1.82) is 0 Å². The van der Waals surface area contributed by atoms with Gasteiger partial charge in [-0.3, -0.25) is 4.98 Å². The van der Waals surface area contributed by atoms with Crippen molar-refractivity contribution >= 4 is 21.7 Å². The number of hydrogen-bond acceptors (Lipinski definition) is 4. The first kappa shape index (κ1) is 23.2. The van der Waals surface area contributed by atoms with Crippen molar-refractivity contribution < 1.29 is 14.9 Å². The van der Waals surface area contributed by atoms with Crippen LogP contribution in [0.2, 0.25) is 0 Å². The van der Waals surface area contributed by atoms with Crippen LogP contribution in [0.1, 0.15) is 43.0 Å². The number of aliphatic hydroxyl groups excluding tert-OH is 1. The summed E-state index contributed by atoms with van der Waals surface area (Å²) < 4.78 is 5.91. The van der Waals surface area contributed by atoms with Gasteiger partial charge in [0, 0.05) is 30.2 Å². The highest BCUT2D eigenvalue weighted by molar-refractivity contribution is 6.08. The van der Waals surface area contributed by atoms with E-state index in [0.29, 0.717) is 13.0 Å². The van der Waals surface area contributed by atoms with Gasteiger partial charge in [0.2, 0.25) is 0 Å². The van der Waals surface area contributed by atoms with E-state index in [1.807, 2.05) is 6.20 Å². The molecule has 4 heteroatoms. The van der Waals surface area contributed by atoms with E-state index < -0.39 is 5.60 Å². The predicted octanol–water partition coefficient (Wildman–Crippen LogP) is 5.92. The van der Waals surface area contributed by atoms with E-state index in [2.05, 4.69) is 56.3 Å². The second kappa shape index (κ2) is 9.12. The molecule has 0 unspecified atom stereocenters. The molecule has 0 atom stereocenters. The van der Waals surface area contributed by atoms with Crippen LogP contribution >= 0.6 is 0 Å². The Bertz CT molecular complexity index is 1300. The molecule has 0 radical (unpaired) electrons. The molecule has 1 aromatic heterocycles. The molecular formula is C29H33NO3. The number of ether oxygens (including phenoxy) is 1. The summed E-state index contributed by atoms with van der Waals surface area (Å²) in [6.07, 6.45) is 3.45. The van der Waals surface area contributed by atoms with Gasteiger partial charge in [-0.15, -0.1) is 0 Å². The highest BCUT2D eigenvalue weighted by Gasteiger charge is 2.21.